The van der Waals surface area contributed by atoms with Crippen molar-refractivity contribution in [3.05, 3.63) is 71.3 Å². The van der Waals surface area contributed by atoms with Crippen molar-refractivity contribution in [1.82, 2.24) is 4.90 Å². The van der Waals surface area contributed by atoms with E-state index in [4.69, 9.17) is 0 Å². The molecule has 0 aliphatic carbocycles. The Bertz CT molecular complexity index is 869. The number of benzene rings is 2. The van der Waals surface area contributed by atoms with E-state index in [1.165, 1.54) is 11.8 Å². The van der Waals surface area contributed by atoms with Gasteiger partial charge in [0.2, 0.25) is 0 Å². The second-order valence-electron chi connectivity index (χ2n) is 7.53. The molecule has 0 N–H and O–H groups in total. The van der Waals surface area contributed by atoms with Crippen LogP contribution >= 0.6 is 0 Å². The fraction of sp³-hybridized carbons (Fsp3) is 0.409. The van der Waals surface area contributed by atoms with E-state index in [1.54, 1.807) is 24.3 Å². The topological polar surface area (TPSA) is 54.5 Å². The molecule has 5 heteroatoms. The Balaban J connectivity index is 1.53. The summed E-state index contributed by atoms with van der Waals surface area (Å²) in [6.45, 7) is 1.54. The lowest BCUT2D eigenvalue weighted by Crippen LogP contribution is -2.38. The predicted octanol–water partition coefficient (Wildman–Crippen LogP) is 3.72. The molecule has 1 aliphatic rings. The number of hydrogen-bond acceptors (Lipinski definition) is 3. The quantitative estimate of drug-likeness (QED) is 0.762. The number of carbonyl (C=O) groups is 1. The number of amides is 1. The molecule has 144 valence electrons. The van der Waals surface area contributed by atoms with Crippen molar-refractivity contribution in [3.63, 3.8) is 0 Å². The highest BCUT2D eigenvalue weighted by atomic mass is 32.2. The Labute approximate surface area is 162 Å². The summed E-state index contributed by atoms with van der Waals surface area (Å²) in [5, 5.41) is 0. The third kappa shape index (κ3) is 5.93. The third-order valence-electron chi connectivity index (χ3n) is 5.19. The molecule has 2 aromatic rings. The molecule has 0 bridgehead atoms. The molecule has 1 saturated heterocycles. The molecule has 0 unspecified atom stereocenters. The molecular weight excluding hydrogens is 358 g/mol. The van der Waals surface area contributed by atoms with Crippen molar-refractivity contribution < 1.29 is 13.2 Å². The zero-order valence-corrected chi connectivity index (χ0v) is 16.6. The van der Waals surface area contributed by atoms with Gasteiger partial charge in [-0.1, -0.05) is 42.5 Å². The summed E-state index contributed by atoms with van der Waals surface area (Å²) in [5.41, 5.74) is 2.62. The first kappa shape index (κ1) is 19.6. The van der Waals surface area contributed by atoms with Gasteiger partial charge in [-0.15, -0.1) is 0 Å². The molecule has 27 heavy (non-hydrogen) atoms. The van der Waals surface area contributed by atoms with E-state index in [-0.39, 0.29) is 11.7 Å². The molecule has 0 radical (unpaired) electrons. The summed E-state index contributed by atoms with van der Waals surface area (Å²) in [7, 11) is -3.11. The number of aryl methyl sites for hydroxylation is 1. The normalized spacial score (nSPS) is 15.7. The summed E-state index contributed by atoms with van der Waals surface area (Å²) < 4.78 is 23.0. The van der Waals surface area contributed by atoms with Gasteiger partial charge in [0.25, 0.3) is 5.91 Å². The summed E-state index contributed by atoms with van der Waals surface area (Å²) >= 11 is 0. The second-order valence-corrected chi connectivity index (χ2v) is 9.67. The van der Waals surface area contributed by atoms with Crippen molar-refractivity contribution in [3.8, 4) is 0 Å². The third-order valence-corrected chi connectivity index (χ3v) is 6.05. The lowest BCUT2D eigenvalue weighted by Gasteiger charge is -2.32. The maximum absolute atomic E-state index is 12.8. The first-order chi connectivity index (χ1) is 12.9. The van der Waals surface area contributed by atoms with Gasteiger partial charge in [0.15, 0.2) is 9.84 Å². The van der Waals surface area contributed by atoms with Crippen molar-refractivity contribution in [2.75, 3.05) is 19.3 Å². The molecular formula is C22H27NO3S. The molecule has 3 rings (SSSR count). The predicted molar refractivity (Wildman–Crippen MR) is 108 cm³/mol. The van der Waals surface area contributed by atoms with Crippen molar-refractivity contribution in [2.45, 2.75) is 31.4 Å². The Kier molecular flexibility index (Phi) is 6.32. The largest absolute Gasteiger partial charge is 0.339 e. The van der Waals surface area contributed by atoms with Crippen LogP contribution in [0.1, 0.15) is 40.7 Å². The second kappa shape index (κ2) is 8.70. The van der Waals surface area contributed by atoms with Gasteiger partial charge in [-0.3, -0.25) is 4.79 Å². The van der Waals surface area contributed by atoms with Crippen LogP contribution in [0.5, 0.6) is 0 Å². The van der Waals surface area contributed by atoms with Crippen LogP contribution in [-0.2, 0) is 22.0 Å². The van der Waals surface area contributed by atoms with Crippen LogP contribution in [0, 0.1) is 5.92 Å². The molecule has 0 atom stereocenters. The zero-order valence-electron chi connectivity index (χ0n) is 15.8. The Morgan fingerprint density at radius 3 is 2.33 bits per heavy atom. The Morgan fingerprint density at radius 2 is 1.67 bits per heavy atom. The molecule has 1 fully saturated rings. The maximum Gasteiger partial charge on any atom is 0.253 e. The first-order valence-electron chi connectivity index (χ1n) is 9.50. The molecule has 1 amide bonds. The summed E-state index contributed by atoms with van der Waals surface area (Å²) in [6, 6.07) is 17.5. The number of likely N-dealkylation sites (tertiary alicyclic amines) is 1. The number of rotatable bonds is 6. The average molecular weight is 386 g/mol. The van der Waals surface area contributed by atoms with E-state index in [1.807, 2.05) is 11.0 Å². The SMILES string of the molecule is CS(=O)(=O)Cc1cccc(C(=O)N2CCC(CCc3ccccc3)CC2)c1. The van der Waals surface area contributed by atoms with Crippen molar-refractivity contribution >= 4 is 15.7 Å². The standard InChI is InChI=1S/C22H27NO3S/c1-27(25,26)17-20-8-5-9-21(16-20)22(24)23-14-12-19(13-15-23)11-10-18-6-3-2-4-7-18/h2-9,16,19H,10-15,17H2,1H3. The van der Waals surface area contributed by atoms with Gasteiger partial charge < -0.3 is 4.90 Å². The lowest BCUT2D eigenvalue weighted by molar-refractivity contribution is 0.0687. The molecule has 1 aliphatic heterocycles. The zero-order chi connectivity index (χ0) is 19.3. The monoisotopic (exact) mass is 385 g/mol. The van der Waals surface area contributed by atoms with Crippen LogP contribution in [-0.4, -0.2) is 38.6 Å². The molecule has 0 spiro atoms. The average Bonchev–Trinajstić information content (AvgIpc) is 2.66. The van der Waals surface area contributed by atoms with Gasteiger partial charge in [-0.05, 0) is 54.9 Å². The number of hydrogen-bond donors (Lipinski definition) is 0. The van der Waals surface area contributed by atoms with Crippen molar-refractivity contribution in [1.29, 1.82) is 0 Å². The van der Waals surface area contributed by atoms with Gasteiger partial charge in [0.05, 0.1) is 5.75 Å². The number of piperidine rings is 1. The molecule has 4 nitrogen and oxygen atoms in total. The van der Waals surface area contributed by atoms with Crippen molar-refractivity contribution in [2.24, 2.45) is 5.92 Å². The van der Waals surface area contributed by atoms with Crippen LogP contribution in [0.25, 0.3) is 0 Å². The minimum absolute atomic E-state index is 0.00635. The number of carbonyl (C=O) groups excluding carboxylic acids is 1. The maximum atomic E-state index is 12.8. The van der Waals surface area contributed by atoms with Gasteiger partial charge in [-0.25, -0.2) is 8.42 Å². The highest BCUT2D eigenvalue weighted by Crippen LogP contribution is 2.24. The lowest BCUT2D eigenvalue weighted by atomic mass is 9.90. The molecule has 0 saturated carbocycles. The minimum atomic E-state index is -3.11. The minimum Gasteiger partial charge on any atom is -0.339 e. The summed E-state index contributed by atoms with van der Waals surface area (Å²) in [4.78, 5) is 14.7. The fourth-order valence-corrected chi connectivity index (χ4v) is 4.50. The van der Waals surface area contributed by atoms with Gasteiger partial charge >= 0.3 is 0 Å². The first-order valence-corrected chi connectivity index (χ1v) is 11.6. The Hall–Kier alpha value is -2.14. The number of sulfone groups is 1. The van der Waals surface area contributed by atoms with Crippen LogP contribution in [0.3, 0.4) is 0 Å². The van der Waals surface area contributed by atoms with E-state index in [2.05, 4.69) is 24.3 Å². The number of nitrogens with zero attached hydrogens (tertiary/aromatic N) is 1. The molecule has 1 heterocycles. The van der Waals surface area contributed by atoms with Gasteiger partial charge in [-0.2, -0.15) is 0 Å². The highest BCUT2D eigenvalue weighted by Gasteiger charge is 2.23. The Morgan fingerprint density at radius 1 is 1.00 bits per heavy atom. The van der Waals surface area contributed by atoms with Crippen LogP contribution in [0.4, 0.5) is 0 Å². The van der Waals surface area contributed by atoms with E-state index in [0.29, 0.717) is 17.0 Å². The smallest absolute Gasteiger partial charge is 0.253 e. The van der Waals surface area contributed by atoms with Crippen LogP contribution < -0.4 is 0 Å². The summed E-state index contributed by atoms with van der Waals surface area (Å²) in [5.74, 6) is 0.632. The van der Waals surface area contributed by atoms with Gasteiger partial charge in [0.1, 0.15) is 0 Å². The highest BCUT2D eigenvalue weighted by molar-refractivity contribution is 7.89. The van der Waals surface area contributed by atoms with Crippen LogP contribution in [0.2, 0.25) is 0 Å². The van der Waals surface area contributed by atoms with E-state index < -0.39 is 9.84 Å². The fourth-order valence-electron chi connectivity index (χ4n) is 3.72. The molecule has 2 aromatic carbocycles. The molecule has 0 aromatic heterocycles. The van der Waals surface area contributed by atoms with E-state index in [9.17, 15) is 13.2 Å². The van der Waals surface area contributed by atoms with Gasteiger partial charge in [0, 0.05) is 24.9 Å². The van der Waals surface area contributed by atoms with E-state index >= 15 is 0 Å². The summed E-state index contributed by atoms with van der Waals surface area (Å²) in [6.07, 6.45) is 5.52. The van der Waals surface area contributed by atoms with Crippen LogP contribution in [0.15, 0.2) is 54.6 Å². The van der Waals surface area contributed by atoms with E-state index in [0.717, 1.165) is 38.8 Å².